The molecule has 1 amide bonds. The fraction of sp³-hybridized carbons (Fsp3) is 0.471. The summed E-state index contributed by atoms with van der Waals surface area (Å²) < 4.78 is 7.28. The number of carbonyl (C=O) groups is 1. The summed E-state index contributed by atoms with van der Waals surface area (Å²) in [7, 11) is 1.66. The zero-order valence-corrected chi connectivity index (χ0v) is 14.2. The summed E-state index contributed by atoms with van der Waals surface area (Å²) in [6.45, 7) is 5.72. The van der Waals surface area contributed by atoms with Crippen molar-refractivity contribution in [1.82, 2.24) is 25.0 Å². The van der Waals surface area contributed by atoms with Gasteiger partial charge in [0, 0.05) is 38.3 Å². The van der Waals surface area contributed by atoms with Crippen LogP contribution in [0.25, 0.3) is 0 Å². The van der Waals surface area contributed by atoms with Gasteiger partial charge in [-0.1, -0.05) is 6.92 Å². The molecule has 0 saturated heterocycles. The molecule has 128 valence electrons. The fourth-order valence-corrected chi connectivity index (χ4v) is 2.81. The van der Waals surface area contributed by atoms with Crippen LogP contribution in [0.1, 0.15) is 30.4 Å². The summed E-state index contributed by atoms with van der Waals surface area (Å²) in [6, 6.07) is 5.89. The molecular formula is C17H23N5O2. The smallest absolute Gasteiger partial charge is 0.220 e. The quantitative estimate of drug-likeness (QED) is 0.865. The Hall–Kier alpha value is -2.41. The van der Waals surface area contributed by atoms with E-state index in [1.165, 1.54) is 5.69 Å². The van der Waals surface area contributed by atoms with Gasteiger partial charge in [0.25, 0.3) is 0 Å². The number of carbonyl (C=O) groups excluding carboxylic acids is 1. The number of aromatic nitrogens is 3. The maximum atomic E-state index is 11.4. The molecule has 0 aromatic carbocycles. The number of amides is 1. The molecule has 3 heterocycles. The van der Waals surface area contributed by atoms with E-state index in [2.05, 4.69) is 26.4 Å². The summed E-state index contributed by atoms with van der Waals surface area (Å²) >= 11 is 0. The fourth-order valence-electron chi connectivity index (χ4n) is 2.81. The molecule has 0 aliphatic carbocycles. The Kier molecular flexibility index (Phi) is 5.10. The number of nitrogens with zero attached hydrogens (tertiary/aromatic N) is 4. The highest BCUT2D eigenvalue weighted by Crippen LogP contribution is 2.17. The summed E-state index contributed by atoms with van der Waals surface area (Å²) in [4.78, 5) is 18.1. The van der Waals surface area contributed by atoms with Crippen molar-refractivity contribution >= 4 is 5.91 Å². The highest BCUT2D eigenvalue weighted by Gasteiger charge is 2.19. The first kappa shape index (κ1) is 16.4. The van der Waals surface area contributed by atoms with Gasteiger partial charge in [0.15, 0.2) is 0 Å². The Morgan fingerprint density at radius 2 is 2.21 bits per heavy atom. The first-order valence-corrected chi connectivity index (χ1v) is 8.21. The van der Waals surface area contributed by atoms with E-state index in [-0.39, 0.29) is 5.91 Å². The van der Waals surface area contributed by atoms with Crippen molar-refractivity contribution in [2.75, 3.05) is 13.7 Å². The third-order valence-electron chi connectivity index (χ3n) is 4.12. The lowest BCUT2D eigenvalue weighted by Crippen LogP contribution is -2.33. The number of hydrogen-bond donors (Lipinski definition) is 1. The molecule has 0 saturated carbocycles. The van der Waals surface area contributed by atoms with Crippen molar-refractivity contribution in [2.24, 2.45) is 0 Å². The lowest BCUT2D eigenvalue weighted by atomic mass is 10.2. The topological polar surface area (TPSA) is 72.3 Å². The maximum absolute atomic E-state index is 11.4. The molecule has 0 spiro atoms. The molecule has 7 heteroatoms. The van der Waals surface area contributed by atoms with E-state index in [1.54, 1.807) is 13.3 Å². The summed E-state index contributed by atoms with van der Waals surface area (Å²) in [5.74, 6) is 0.878. The third-order valence-corrected chi connectivity index (χ3v) is 4.12. The Labute approximate surface area is 141 Å². The predicted octanol–water partition coefficient (Wildman–Crippen LogP) is 1.33. The van der Waals surface area contributed by atoms with Crippen LogP contribution < -0.4 is 10.1 Å². The number of pyridine rings is 1. The predicted molar refractivity (Wildman–Crippen MR) is 89.3 cm³/mol. The van der Waals surface area contributed by atoms with Crippen LogP contribution in [-0.4, -0.2) is 39.2 Å². The zero-order chi connectivity index (χ0) is 16.9. The van der Waals surface area contributed by atoms with Gasteiger partial charge in [0.2, 0.25) is 5.91 Å². The SMILES string of the molecule is CCC(=O)NCc1cc2n(n1)CCN(Cc1cc(OC)ccn1)C2. The number of nitrogens with one attached hydrogen (secondary N) is 1. The van der Waals surface area contributed by atoms with Gasteiger partial charge in [-0.15, -0.1) is 0 Å². The Morgan fingerprint density at radius 3 is 3.00 bits per heavy atom. The maximum Gasteiger partial charge on any atom is 0.220 e. The second-order valence-electron chi connectivity index (χ2n) is 5.88. The van der Waals surface area contributed by atoms with Gasteiger partial charge < -0.3 is 10.1 Å². The van der Waals surface area contributed by atoms with Crippen molar-refractivity contribution in [3.05, 3.63) is 41.5 Å². The third kappa shape index (κ3) is 3.91. The second kappa shape index (κ2) is 7.44. The van der Waals surface area contributed by atoms with Crippen LogP contribution in [0.5, 0.6) is 5.75 Å². The van der Waals surface area contributed by atoms with Gasteiger partial charge >= 0.3 is 0 Å². The van der Waals surface area contributed by atoms with E-state index >= 15 is 0 Å². The molecular weight excluding hydrogens is 306 g/mol. The highest BCUT2D eigenvalue weighted by atomic mass is 16.5. The molecule has 0 radical (unpaired) electrons. The molecule has 3 rings (SSSR count). The van der Waals surface area contributed by atoms with Gasteiger partial charge in [-0.05, 0) is 12.1 Å². The number of ether oxygens (including phenoxy) is 1. The van der Waals surface area contributed by atoms with E-state index in [9.17, 15) is 4.79 Å². The number of methoxy groups -OCH3 is 1. The molecule has 2 aromatic rings. The van der Waals surface area contributed by atoms with Crippen LogP contribution in [-0.2, 0) is 31.0 Å². The Bertz CT molecular complexity index is 713. The second-order valence-corrected chi connectivity index (χ2v) is 5.88. The first-order chi connectivity index (χ1) is 11.7. The molecule has 1 aliphatic rings. The molecule has 1 N–H and O–H groups in total. The van der Waals surface area contributed by atoms with Crippen LogP contribution in [0.3, 0.4) is 0 Å². The van der Waals surface area contributed by atoms with Crippen LogP contribution in [0.2, 0.25) is 0 Å². The Morgan fingerprint density at radius 1 is 1.33 bits per heavy atom. The van der Waals surface area contributed by atoms with Crippen molar-refractivity contribution in [2.45, 2.75) is 39.5 Å². The van der Waals surface area contributed by atoms with Crippen LogP contribution in [0.4, 0.5) is 0 Å². The van der Waals surface area contributed by atoms with Crippen LogP contribution in [0, 0.1) is 0 Å². The normalized spacial score (nSPS) is 14.2. The summed E-state index contributed by atoms with van der Waals surface area (Å²) in [6.07, 6.45) is 2.27. The molecule has 7 nitrogen and oxygen atoms in total. The monoisotopic (exact) mass is 329 g/mol. The molecule has 0 bridgehead atoms. The van der Waals surface area contributed by atoms with E-state index in [0.29, 0.717) is 13.0 Å². The molecule has 0 fully saturated rings. The number of rotatable bonds is 6. The molecule has 0 atom stereocenters. The van der Waals surface area contributed by atoms with Gasteiger partial charge in [0.05, 0.1) is 37.3 Å². The molecule has 2 aromatic heterocycles. The molecule has 1 aliphatic heterocycles. The standard InChI is InChI=1S/C17H23N5O2/c1-3-17(23)19-10-13-8-15-12-21(6-7-22(15)20-13)11-14-9-16(24-2)4-5-18-14/h4-5,8-9H,3,6-7,10-12H2,1-2H3,(H,19,23). The molecule has 24 heavy (non-hydrogen) atoms. The first-order valence-electron chi connectivity index (χ1n) is 8.21. The Balaban J connectivity index is 1.61. The van der Waals surface area contributed by atoms with E-state index in [1.807, 2.05) is 23.7 Å². The molecule has 0 unspecified atom stereocenters. The lowest BCUT2D eigenvalue weighted by Gasteiger charge is -2.27. The average Bonchev–Trinajstić information content (AvgIpc) is 3.02. The minimum atomic E-state index is 0.0479. The largest absolute Gasteiger partial charge is 0.497 e. The van der Waals surface area contributed by atoms with Gasteiger partial charge in [-0.3, -0.25) is 19.4 Å². The van der Waals surface area contributed by atoms with E-state index in [4.69, 9.17) is 4.74 Å². The zero-order valence-electron chi connectivity index (χ0n) is 14.2. The lowest BCUT2D eigenvalue weighted by molar-refractivity contribution is -0.120. The van der Waals surface area contributed by atoms with E-state index in [0.717, 1.165) is 43.3 Å². The van der Waals surface area contributed by atoms with Gasteiger partial charge in [0.1, 0.15) is 5.75 Å². The van der Waals surface area contributed by atoms with Crippen LogP contribution >= 0.6 is 0 Å². The van der Waals surface area contributed by atoms with Gasteiger partial charge in [-0.2, -0.15) is 5.10 Å². The van der Waals surface area contributed by atoms with Gasteiger partial charge in [-0.25, -0.2) is 0 Å². The minimum absolute atomic E-state index is 0.0479. The number of hydrogen-bond acceptors (Lipinski definition) is 5. The van der Waals surface area contributed by atoms with Crippen molar-refractivity contribution < 1.29 is 9.53 Å². The van der Waals surface area contributed by atoms with Crippen molar-refractivity contribution in [3.8, 4) is 5.75 Å². The summed E-state index contributed by atoms with van der Waals surface area (Å²) in [5, 5.41) is 7.43. The number of fused-ring (bicyclic) bond motifs is 1. The van der Waals surface area contributed by atoms with Crippen molar-refractivity contribution in [3.63, 3.8) is 0 Å². The average molecular weight is 329 g/mol. The minimum Gasteiger partial charge on any atom is -0.497 e. The van der Waals surface area contributed by atoms with E-state index < -0.39 is 0 Å². The van der Waals surface area contributed by atoms with Crippen molar-refractivity contribution in [1.29, 1.82) is 0 Å². The highest BCUT2D eigenvalue weighted by molar-refractivity contribution is 5.75. The summed E-state index contributed by atoms with van der Waals surface area (Å²) in [5.41, 5.74) is 3.08. The van der Waals surface area contributed by atoms with Crippen LogP contribution in [0.15, 0.2) is 24.4 Å².